The first-order valence-corrected chi connectivity index (χ1v) is 9.23. The van der Waals surface area contributed by atoms with Crippen LogP contribution in [0.3, 0.4) is 0 Å². The molecule has 1 aliphatic heterocycles. The fourth-order valence-electron chi connectivity index (χ4n) is 2.45. The molecule has 0 aromatic heterocycles. The van der Waals surface area contributed by atoms with E-state index in [0.29, 0.717) is 30.6 Å². The van der Waals surface area contributed by atoms with Crippen LogP contribution in [0, 0.1) is 5.41 Å². The van der Waals surface area contributed by atoms with E-state index in [-0.39, 0.29) is 5.41 Å². The highest BCUT2D eigenvalue weighted by molar-refractivity contribution is 7.91. The van der Waals surface area contributed by atoms with E-state index in [1.165, 1.54) is 0 Å². The van der Waals surface area contributed by atoms with Crippen LogP contribution in [0.2, 0.25) is 0 Å². The molecule has 0 saturated carbocycles. The van der Waals surface area contributed by atoms with Gasteiger partial charge in [0.1, 0.15) is 0 Å². The van der Waals surface area contributed by atoms with E-state index in [2.05, 4.69) is 37.9 Å². The van der Waals surface area contributed by atoms with Crippen LogP contribution < -0.4 is 5.32 Å². The summed E-state index contributed by atoms with van der Waals surface area (Å²) in [6.07, 6.45) is 2.23. The topological polar surface area (TPSA) is 49.4 Å². The van der Waals surface area contributed by atoms with E-state index in [1.807, 2.05) is 0 Å². The molecule has 0 bridgehead atoms. The summed E-state index contributed by atoms with van der Waals surface area (Å²) in [6, 6.07) is 0.492. The molecule has 1 aliphatic rings. The van der Waals surface area contributed by atoms with Crippen LogP contribution >= 0.6 is 0 Å². The Labute approximate surface area is 118 Å². The first-order chi connectivity index (χ1) is 8.74. The molecule has 4 nitrogen and oxygen atoms in total. The molecule has 0 aromatic rings. The van der Waals surface area contributed by atoms with Gasteiger partial charge < -0.3 is 10.2 Å². The minimum atomic E-state index is -2.75. The average Bonchev–Trinajstić information content (AvgIpc) is 2.29. The van der Waals surface area contributed by atoms with Gasteiger partial charge in [-0.25, -0.2) is 8.42 Å². The van der Waals surface area contributed by atoms with E-state index in [1.54, 1.807) is 0 Å². The summed E-state index contributed by atoms with van der Waals surface area (Å²) in [5.41, 5.74) is 0.247. The molecule has 1 unspecified atom stereocenters. The Kier molecular flexibility index (Phi) is 6.27. The molecule has 0 spiro atoms. The van der Waals surface area contributed by atoms with Crippen LogP contribution in [0.4, 0.5) is 0 Å². The molecule has 1 fully saturated rings. The maximum atomic E-state index is 11.4. The minimum absolute atomic E-state index is 0.247. The Hall–Kier alpha value is -0.130. The first-order valence-electron chi connectivity index (χ1n) is 7.41. The fourth-order valence-corrected chi connectivity index (χ4v) is 3.72. The lowest BCUT2D eigenvalue weighted by Gasteiger charge is -2.34. The van der Waals surface area contributed by atoms with Gasteiger partial charge in [-0.1, -0.05) is 27.7 Å². The molecule has 0 amide bonds. The van der Waals surface area contributed by atoms with Gasteiger partial charge in [0.15, 0.2) is 9.84 Å². The van der Waals surface area contributed by atoms with Gasteiger partial charge in [0, 0.05) is 19.1 Å². The van der Waals surface area contributed by atoms with Gasteiger partial charge in [0.05, 0.1) is 11.5 Å². The molecule has 5 heteroatoms. The third-order valence-electron chi connectivity index (χ3n) is 3.86. The molecule has 1 atom stereocenters. The minimum Gasteiger partial charge on any atom is -0.313 e. The fraction of sp³-hybridized carbons (Fsp3) is 1.00. The van der Waals surface area contributed by atoms with Crippen molar-refractivity contribution >= 4 is 9.84 Å². The number of hydrogen-bond acceptors (Lipinski definition) is 4. The van der Waals surface area contributed by atoms with Gasteiger partial charge in [0.2, 0.25) is 0 Å². The quantitative estimate of drug-likeness (QED) is 0.806. The molecule has 1 saturated heterocycles. The Morgan fingerprint density at radius 2 is 1.79 bits per heavy atom. The van der Waals surface area contributed by atoms with Crippen molar-refractivity contribution in [3.05, 3.63) is 0 Å². The van der Waals surface area contributed by atoms with Crippen molar-refractivity contribution in [3.63, 3.8) is 0 Å². The monoisotopic (exact) mass is 290 g/mol. The van der Waals surface area contributed by atoms with Crippen molar-refractivity contribution in [2.24, 2.45) is 5.41 Å². The maximum Gasteiger partial charge on any atom is 0.152 e. The van der Waals surface area contributed by atoms with Crippen molar-refractivity contribution in [2.75, 3.05) is 37.7 Å². The summed E-state index contributed by atoms with van der Waals surface area (Å²) in [5, 5.41) is 3.62. The van der Waals surface area contributed by atoms with Gasteiger partial charge in [0.25, 0.3) is 0 Å². The highest BCUT2D eigenvalue weighted by Crippen LogP contribution is 2.22. The molecule has 1 rings (SSSR count). The van der Waals surface area contributed by atoms with Crippen LogP contribution in [0.25, 0.3) is 0 Å². The second-order valence-electron chi connectivity index (χ2n) is 6.65. The number of nitrogens with one attached hydrogen (secondary N) is 1. The van der Waals surface area contributed by atoms with Gasteiger partial charge in [-0.15, -0.1) is 0 Å². The largest absolute Gasteiger partial charge is 0.313 e. The Bertz CT molecular complexity index is 346. The average molecular weight is 290 g/mol. The lowest BCUT2D eigenvalue weighted by molar-refractivity contribution is 0.211. The predicted octanol–water partition coefficient (Wildman–Crippen LogP) is 1.52. The zero-order valence-corrected chi connectivity index (χ0v) is 13.7. The number of nitrogens with zero attached hydrogens (tertiary/aromatic N) is 1. The molecular weight excluding hydrogens is 260 g/mol. The summed E-state index contributed by atoms with van der Waals surface area (Å²) in [6.45, 7) is 12.4. The van der Waals surface area contributed by atoms with Crippen molar-refractivity contribution in [1.82, 2.24) is 10.2 Å². The summed E-state index contributed by atoms with van der Waals surface area (Å²) < 4.78 is 22.8. The summed E-state index contributed by atoms with van der Waals surface area (Å²) in [4.78, 5) is 2.29. The van der Waals surface area contributed by atoms with E-state index >= 15 is 0 Å². The van der Waals surface area contributed by atoms with Gasteiger partial charge in [-0.05, 0) is 31.3 Å². The molecule has 1 N–H and O–H groups in total. The van der Waals surface area contributed by atoms with Gasteiger partial charge in [-0.3, -0.25) is 0 Å². The zero-order valence-electron chi connectivity index (χ0n) is 12.9. The molecule has 0 aliphatic carbocycles. The lowest BCUT2D eigenvalue weighted by atomic mass is 9.84. The molecule has 0 radical (unpaired) electrons. The molecule has 0 aromatic carbocycles. The zero-order chi connectivity index (χ0) is 14.5. The molecule has 1 heterocycles. The second kappa shape index (κ2) is 7.04. The van der Waals surface area contributed by atoms with Crippen LogP contribution in [-0.4, -0.2) is 57.0 Å². The van der Waals surface area contributed by atoms with Crippen LogP contribution in [0.5, 0.6) is 0 Å². The smallest absolute Gasteiger partial charge is 0.152 e. The van der Waals surface area contributed by atoms with Gasteiger partial charge >= 0.3 is 0 Å². The third-order valence-corrected chi connectivity index (χ3v) is 5.47. The first kappa shape index (κ1) is 16.9. The van der Waals surface area contributed by atoms with Crippen LogP contribution in [0.1, 0.15) is 40.5 Å². The van der Waals surface area contributed by atoms with Crippen LogP contribution in [0.15, 0.2) is 0 Å². The normalized spacial score (nSPS) is 22.3. The SMILES string of the molecule is CCCNC(CCN1CCS(=O)(=O)CC1)C(C)(C)C. The summed E-state index contributed by atoms with van der Waals surface area (Å²) in [7, 11) is -2.75. The summed E-state index contributed by atoms with van der Waals surface area (Å²) in [5.74, 6) is 0.658. The molecular formula is C14H30N2O2S. The number of sulfone groups is 1. The number of rotatable bonds is 6. The highest BCUT2D eigenvalue weighted by atomic mass is 32.2. The lowest BCUT2D eigenvalue weighted by Crippen LogP contribution is -2.46. The second-order valence-corrected chi connectivity index (χ2v) is 8.96. The van der Waals surface area contributed by atoms with E-state index in [9.17, 15) is 8.42 Å². The number of hydrogen-bond donors (Lipinski definition) is 1. The van der Waals surface area contributed by atoms with Gasteiger partial charge in [-0.2, -0.15) is 0 Å². The molecule has 19 heavy (non-hydrogen) atoms. The molecule has 114 valence electrons. The van der Waals surface area contributed by atoms with E-state index in [0.717, 1.165) is 25.9 Å². The van der Waals surface area contributed by atoms with Crippen molar-refractivity contribution < 1.29 is 8.42 Å². The highest BCUT2D eigenvalue weighted by Gasteiger charge is 2.26. The van der Waals surface area contributed by atoms with Crippen molar-refractivity contribution in [2.45, 2.75) is 46.6 Å². The Balaban J connectivity index is 2.40. The van der Waals surface area contributed by atoms with Crippen molar-refractivity contribution in [3.8, 4) is 0 Å². The van der Waals surface area contributed by atoms with E-state index in [4.69, 9.17) is 0 Å². The van der Waals surface area contributed by atoms with Crippen LogP contribution in [-0.2, 0) is 9.84 Å². The van der Waals surface area contributed by atoms with Crippen molar-refractivity contribution in [1.29, 1.82) is 0 Å². The maximum absolute atomic E-state index is 11.4. The third kappa shape index (κ3) is 6.23. The van der Waals surface area contributed by atoms with E-state index < -0.39 is 9.84 Å². The summed E-state index contributed by atoms with van der Waals surface area (Å²) >= 11 is 0. The Morgan fingerprint density at radius 3 is 2.26 bits per heavy atom. The standard InChI is InChI=1S/C14H30N2O2S/c1-5-7-15-13(14(2,3)4)6-8-16-9-11-19(17,18)12-10-16/h13,15H,5-12H2,1-4H3. The Morgan fingerprint density at radius 1 is 1.21 bits per heavy atom. The predicted molar refractivity (Wildman–Crippen MR) is 81.2 cm³/mol.